The fraction of sp³-hybridized carbons (Fsp3) is 0.647. The highest BCUT2D eigenvalue weighted by atomic mass is 16.5. The highest BCUT2D eigenvalue weighted by Gasteiger charge is 2.18. The minimum atomic E-state index is 0.558. The molecule has 0 amide bonds. The summed E-state index contributed by atoms with van der Waals surface area (Å²) in [6.07, 6.45) is 11.1. The van der Waals surface area contributed by atoms with E-state index in [9.17, 15) is 0 Å². The van der Waals surface area contributed by atoms with Gasteiger partial charge in [-0.3, -0.25) is 4.90 Å². The first-order valence-corrected chi connectivity index (χ1v) is 8.55. The molecule has 23 heavy (non-hydrogen) atoms. The van der Waals surface area contributed by atoms with Gasteiger partial charge in [-0.15, -0.1) is 0 Å². The molecule has 0 aliphatic heterocycles. The monoisotopic (exact) mass is 315 g/mol. The van der Waals surface area contributed by atoms with Crippen LogP contribution in [0.1, 0.15) is 68.0 Å². The number of nitrogens with zero attached hydrogens (tertiary/aromatic N) is 5. The zero-order valence-electron chi connectivity index (χ0n) is 14.0. The van der Waals surface area contributed by atoms with E-state index in [1.165, 1.54) is 32.1 Å². The molecule has 3 rings (SSSR count). The molecule has 0 atom stereocenters. The van der Waals surface area contributed by atoms with E-state index in [0.29, 0.717) is 18.4 Å². The number of rotatable bonds is 6. The van der Waals surface area contributed by atoms with Gasteiger partial charge >= 0.3 is 0 Å². The Kier molecular flexibility index (Phi) is 5.33. The second-order valence-electron chi connectivity index (χ2n) is 6.41. The fourth-order valence-electron chi connectivity index (χ4n) is 3.12. The van der Waals surface area contributed by atoms with E-state index in [2.05, 4.69) is 25.0 Å². The van der Waals surface area contributed by atoms with Crippen LogP contribution < -0.4 is 0 Å². The highest BCUT2D eigenvalue weighted by Crippen LogP contribution is 2.30. The Balaban J connectivity index is 1.54. The summed E-state index contributed by atoms with van der Waals surface area (Å²) in [7, 11) is 2.04. The molecule has 2 heterocycles. The van der Waals surface area contributed by atoms with E-state index in [-0.39, 0.29) is 0 Å². The van der Waals surface area contributed by atoms with E-state index in [1.807, 2.05) is 26.4 Å². The minimum absolute atomic E-state index is 0.558. The van der Waals surface area contributed by atoms with Gasteiger partial charge in [0.25, 0.3) is 0 Å². The van der Waals surface area contributed by atoms with Crippen LogP contribution in [-0.4, -0.2) is 32.1 Å². The van der Waals surface area contributed by atoms with Crippen LogP contribution >= 0.6 is 0 Å². The third-order valence-electron chi connectivity index (χ3n) is 4.37. The van der Waals surface area contributed by atoms with Gasteiger partial charge in [0.1, 0.15) is 5.82 Å². The zero-order valence-corrected chi connectivity index (χ0v) is 14.0. The van der Waals surface area contributed by atoms with Gasteiger partial charge in [0.2, 0.25) is 5.89 Å². The normalized spacial score (nSPS) is 16.1. The summed E-state index contributed by atoms with van der Waals surface area (Å²) < 4.78 is 5.14. The highest BCUT2D eigenvalue weighted by molar-refractivity contribution is 5.08. The predicted octanol–water partition coefficient (Wildman–Crippen LogP) is 3.10. The van der Waals surface area contributed by atoms with Crippen molar-refractivity contribution in [3.05, 3.63) is 35.5 Å². The van der Waals surface area contributed by atoms with Crippen molar-refractivity contribution in [2.45, 2.75) is 64.5 Å². The molecule has 0 saturated heterocycles. The fourth-order valence-corrected chi connectivity index (χ4v) is 3.12. The van der Waals surface area contributed by atoms with E-state index < -0.39 is 0 Å². The molecule has 1 saturated carbocycles. The van der Waals surface area contributed by atoms with E-state index >= 15 is 0 Å². The molecular formula is C17H25N5O. The molecule has 2 aromatic rings. The maximum absolute atomic E-state index is 5.14. The third kappa shape index (κ3) is 4.34. The van der Waals surface area contributed by atoms with Crippen LogP contribution in [-0.2, 0) is 19.5 Å². The number of hydrogen-bond donors (Lipinski definition) is 0. The van der Waals surface area contributed by atoms with Crippen LogP contribution in [0.3, 0.4) is 0 Å². The number of aromatic nitrogens is 4. The molecule has 2 aromatic heterocycles. The molecule has 6 heteroatoms. The maximum Gasteiger partial charge on any atom is 0.226 e. The molecule has 124 valence electrons. The predicted molar refractivity (Wildman–Crippen MR) is 86.7 cm³/mol. The summed E-state index contributed by atoms with van der Waals surface area (Å²) in [5, 5.41) is 3.98. The van der Waals surface area contributed by atoms with Crippen molar-refractivity contribution >= 4 is 0 Å². The quantitative estimate of drug-likeness (QED) is 0.816. The lowest BCUT2D eigenvalue weighted by Crippen LogP contribution is -2.19. The molecule has 0 aromatic carbocycles. The zero-order chi connectivity index (χ0) is 16.1. The molecule has 1 aliphatic rings. The maximum atomic E-state index is 5.14. The second kappa shape index (κ2) is 7.64. The first kappa shape index (κ1) is 16.1. The third-order valence-corrected chi connectivity index (χ3v) is 4.37. The van der Waals surface area contributed by atoms with Crippen LogP contribution in [0.2, 0.25) is 0 Å². The number of aryl methyl sites for hydroxylation is 1. The lowest BCUT2D eigenvalue weighted by Gasteiger charge is -2.20. The summed E-state index contributed by atoms with van der Waals surface area (Å²) in [4.78, 5) is 15.7. The molecular weight excluding hydrogens is 290 g/mol. The Morgan fingerprint density at radius 3 is 2.52 bits per heavy atom. The summed E-state index contributed by atoms with van der Waals surface area (Å²) in [5.41, 5.74) is 1.12. The van der Waals surface area contributed by atoms with Gasteiger partial charge in [-0.1, -0.05) is 31.3 Å². The van der Waals surface area contributed by atoms with Crippen LogP contribution in [0.25, 0.3) is 0 Å². The Labute approximate surface area is 137 Å². The van der Waals surface area contributed by atoms with Crippen LogP contribution in [0, 0.1) is 0 Å². The first-order valence-electron chi connectivity index (χ1n) is 8.55. The molecule has 0 spiro atoms. The largest absolute Gasteiger partial charge is 0.339 e. The van der Waals surface area contributed by atoms with Crippen LogP contribution in [0.5, 0.6) is 0 Å². The lowest BCUT2D eigenvalue weighted by molar-refractivity contribution is 0.299. The van der Waals surface area contributed by atoms with Crippen molar-refractivity contribution in [3.8, 4) is 0 Å². The molecule has 0 bridgehead atoms. The minimum Gasteiger partial charge on any atom is -0.339 e. The molecule has 0 unspecified atom stereocenters. The Hall–Kier alpha value is -1.82. The Morgan fingerprint density at radius 2 is 1.87 bits per heavy atom. The van der Waals surface area contributed by atoms with Crippen molar-refractivity contribution in [2.24, 2.45) is 0 Å². The van der Waals surface area contributed by atoms with E-state index in [4.69, 9.17) is 4.52 Å². The van der Waals surface area contributed by atoms with Gasteiger partial charge in [0, 0.05) is 36.8 Å². The Bertz CT molecular complexity index is 604. The van der Waals surface area contributed by atoms with E-state index in [0.717, 1.165) is 30.2 Å². The van der Waals surface area contributed by atoms with Crippen molar-refractivity contribution in [1.29, 1.82) is 0 Å². The van der Waals surface area contributed by atoms with Crippen LogP contribution in [0.15, 0.2) is 16.9 Å². The van der Waals surface area contributed by atoms with Gasteiger partial charge in [-0.2, -0.15) is 4.98 Å². The topological polar surface area (TPSA) is 67.9 Å². The molecule has 0 radical (unpaired) electrons. The van der Waals surface area contributed by atoms with Crippen molar-refractivity contribution in [1.82, 2.24) is 25.0 Å². The molecule has 6 nitrogen and oxygen atoms in total. The molecule has 0 N–H and O–H groups in total. The van der Waals surface area contributed by atoms with Gasteiger partial charge in [-0.05, 0) is 19.9 Å². The number of hydrogen-bond acceptors (Lipinski definition) is 6. The Morgan fingerprint density at radius 1 is 1.13 bits per heavy atom. The van der Waals surface area contributed by atoms with Gasteiger partial charge in [-0.25, -0.2) is 9.97 Å². The standard InChI is InChI=1S/C17H25N5O/c1-3-16-20-15(21-23-16)12-22(2)11-13-9-18-17(19-10-13)14-7-5-4-6-8-14/h9-10,14H,3-8,11-12H2,1-2H3. The van der Waals surface area contributed by atoms with Gasteiger partial charge in [0.05, 0.1) is 6.54 Å². The van der Waals surface area contributed by atoms with Crippen molar-refractivity contribution in [3.63, 3.8) is 0 Å². The SMILES string of the molecule is CCc1nc(CN(C)Cc2cnc(C3CCCCC3)nc2)no1. The average Bonchev–Trinajstić information content (AvgIpc) is 3.04. The second-order valence-corrected chi connectivity index (χ2v) is 6.41. The van der Waals surface area contributed by atoms with Crippen molar-refractivity contribution in [2.75, 3.05) is 7.05 Å². The van der Waals surface area contributed by atoms with Crippen LogP contribution in [0.4, 0.5) is 0 Å². The summed E-state index contributed by atoms with van der Waals surface area (Å²) in [6, 6.07) is 0. The molecule has 1 fully saturated rings. The van der Waals surface area contributed by atoms with Crippen molar-refractivity contribution < 1.29 is 4.52 Å². The van der Waals surface area contributed by atoms with E-state index in [1.54, 1.807) is 0 Å². The summed E-state index contributed by atoms with van der Waals surface area (Å²) in [5.74, 6) is 2.99. The lowest BCUT2D eigenvalue weighted by atomic mass is 9.89. The van der Waals surface area contributed by atoms with Gasteiger partial charge in [0.15, 0.2) is 5.82 Å². The summed E-state index contributed by atoms with van der Waals surface area (Å²) in [6.45, 7) is 3.45. The first-order chi connectivity index (χ1) is 11.2. The summed E-state index contributed by atoms with van der Waals surface area (Å²) >= 11 is 0. The average molecular weight is 315 g/mol. The van der Waals surface area contributed by atoms with Gasteiger partial charge < -0.3 is 4.52 Å². The smallest absolute Gasteiger partial charge is 0.226 e. The molecule has 1 aliphatic carbocycles.